The van der Waals surface area contributed by atoms with Gasteiger partial charge in [-0.3, -0.25) is 0 Å². The molecule has 3 rings (SSSR count). The van der Waals surface area contributed by atoms with E-state index in [2.05, 4.69) is 11.8 Å². The lowest BCUT2D eigenvalue weighted by atomic mass is 9.90. The maximum absolute atomic E-state index is 10.1. The number of hydrogen-bond acceptors (Lipinski definition) is 3. The van der Waals surface area contributed by atoms with Gasteiger partial charge in [0.15, 0.2) is 0 Å². The van der Waals surface area contributed by atoms with Gasteiger partial charge in [0.2, 0.25) is 0 Å². The van der Waals surface area contributed by atoms with E-state index in [-0.39, 0.29) is 6.10 Å². The molecular weight excluding hydrogens is 250 g/mol. The fourth-order valence-electron chi connectivity index (χ4n) is 4.74. The highest BCUT2D eigenvalue weighted by molar-refractivity contribution is 4.89. The summed E-state index contributed by atoms with van der Waals surface area (Å²) >= 11 is 0. The molecule has 3 heteroatoms. The summed E-state index contributed by atoms with van der Waals surface area (Å²) in [6.45, 7) is 6.80. The molecule has 2 aliphatic carbocycles. The first-order chi connectivity index (χ1) is 9.70. The summed E-state index contributed by atoms with van der Waals surface area (Å²) in [6.07, 6.45) is 8.02. The molecule has 1 saturated heterocycles. The van der Waals surface area contributed by atoms with Gasteiger partial charge in [0, 0.05) is 19.7 Å². The second-order valence-electron chi connectivity index (χ2n) is 7.63. The number of ether oxygens (including phenoxy) is 1. The van der Waals surface area contributed by atoms with Crippen molar-refractivity contribution < 1.29 is 9.84 Å². The van der Waals surface area contributed by atoms with Crippen molar-refractivity contribution >= 4 is 0 Å². The quantitative estimate of drug-likeness (QED) is 0.812. The summed E-state index contributed by atoms with van der Waals surface area (Å²) in [5.74, 6) is 3.50. The molecule has 20 heavy (non-hydrogen) atoms. The van der Waals surface area contributed by atoms with Crippen LogP contribution in [0.3, 0.4) is 0 Å². The Bertz CT molecular complexity index is 309. The normalized spacial score (nSPS) is 39.3. The molecule has 5 unspecified atom stereocenters. The van der Waals surface area contributed by atoms with Gasteiger partial charge in [0.25, 0.3) is 0 Å². The third kappa shape index (κ3) is 3.75. The van der Waals surface area contributed by atoms with Gasteiger partial charge >= 0.3 is 0 Å². The van der Waals surface area contributed by atoms with Crippen molar-refractivity contribution in [1.82, 2.24) is 4.90 Å². The third-order valence-corrected chi connectivity index (χ3v) is 5.74. The van der Waals surface area contributed by atoms with Crippen LogP contribution in [0.1, 0.15) is 45.4 Å². The Morgan fingerprint density at radius 2 is 2.15 bits per heavy atom. The van der Waals surface area contributed by atoms with E-state index in [0.29, 0.717) is 6.61 Å². The van der Waals surface area contributed by atoms with E-state index in [0.717, 1.165) is 49.9 Å². The van der Waals surface area contributed by atoms with Crippen LogP contribution in [0, 0.1) is 23.7 Å². The number of piperidine rings is 1. The first-order valence-electron chi connectivity index (χ1n) is 8.69. The molecule has 0 aromatic carbocycles. The highest BCUT2D eigenvalue weighted by Crippen LogP contribution is 2.48. The Balaban J connectivity index is 1.30. The van der Waals surface area contributed by atoms with Crippen LogP contribution in [-0.4, -0.2) is 49.0 Å². The van der Waals surface area contributed by atoms with Crippen molar-refractivity contribution in [1.29, 1.82) is 0 Å². The molecule has 116 valence electrons. The molecule has 3 aliphatic rings. The molecule has 1 N–H and O–H groups in total. The van der Waals surface area contributed by atoms with E-state index in [1.165, 1.54) is 38.5 Å². The van der Waals surface area contributed by atoms with E-state index in [4.69, 9.17) is 4.74 Å². The lowest BCUT2D eigenvalue weighted by Crippen LogP contribution is -2.41. The largest absolute Gasteiger partial charge is 0.389 e. The molecule has 0 aromatic heterocycles. The van der Waals surface area contributed by atoms with Gasteiger partial charge in [0.1, 0.15) is 0 Å². The molecule has 0 aromatic rings. The van der Waals surface area contributed by atoms with Crippen molar-refractivity contribution in [2.75, 3.05) is 32.8 Å². The monoisotopic (exact) mass is 281 g/mol. The standard InChI is InChI=1S/C17H31NO2/c1-13-3-2-6-18(9-13)10-17(19)12-20-11-16-8-14-4-5-15(16)7-14/h13-17,19H,2-12H2,1H3. The highest BCUT2D eigenvalue weighted by atomic mass is 16.5. The molecule has 0 radical (unpaired) electrons. The summed E-state index contributed by atoms with van der Waals surface area (Å²) in [7, 11) is 0. The predicted octanol–water partition coefficient (Wildman–Crippen LogP) is 2.53. The second-order valence-corrected chi connectivity index (χ2v) is 7.63. The van der Waals surface area contributed by atoms with Gasteiger partial charge in [-0.1, -0.05) is 13.3 Å². The highest BCUT2D eigenvalue weighted by Gasteiger charge is 2.39. The van der Waals surface area contributed by atoms with E-state index in [1.807, 2.05) is 0 Å². The van der Waals surface area contributed by atoms with Crippen molar-refractivity contribution in [3.63, 3.8) is 0 Å². The molecule has 2 saturated carbocycles. The summed E-state index contributed by atoms with van der Waals surface area (Å²) in [5.41, 5.74) is 0. The number of likely N-dealkylation sites (tertiary alicyclic amines) is 1. The Labute approximate surface area is 123 Å². The predicted molar refractivity (Wildman–Crippen MR) is 80.6 cm³/mol. The van der Waals surface area contributed by atoms with E-state index in [9.17, 15) is 5.11 Å². The smallest absolute Gasteiger partial charge is 0.0900 e. The average Bonchev–Trinajstić information content (AvgIpc) is 3.01. The van der Waals surface area contributed by atoms with Gasteiger partial charge < -0.3 is 14.7 Å². The molecule has 1 heterocycles. The van der Waals surface area contributed by atoms with Crippen molar-refractivity contribution in [2.45, 2.75) is 51.6 Å². The maximum atomic E-state index is 10.1. The van der Waals surface area contributed by atoms with Crippen LogP contribution in [0.4, 0.5) is 0 Å². The number of β-amino-alcohol motifs (C(OH)–C–C–N with tert-alkyl or cyclic N) is 1. The first kappa shape index (κ1) is 14.8. The number of nitrogens with zero attached hydrogens (tertiary/aromatic N) is 1. The summed E-state index contributed by atoms with van der Waals surface area (Å²) < 4.78 is 5.82. The zero-order chi connectivity index (χ0) is 13.9. The number of hydrogen-bond donors (Lipinski definition) is 1. The zero-order valence-corrected chi connectivity index (χ0v) is 13.0. The second kappa shape index (κ2) is 6.76. The van der Waals surface area contributed by atoms with Crippen LogP contribution in [0.25, 0.3) is 0 Å². The fourth-order valence-corrected chi connectivity index (χ4v) is 4.74. The van der Waals surface area contributed by atoms with Crippen LogP contribution in [-0.2, 0) is 4.74 Å². The summed E-state index contributed by atoms with van der Waals surface area (Å²) in [6, 6.07) is 0. The summed E-state index contributed by atoms with van der Waals surface area (Å²) in [5, 5.41) is 10.1. The molecule has 3 nitrogen and oxygen atoms in total. The van der Waals surface area contributed by atoms with Gasteiger partial charge in [-0.15, -0.1) is 0 Å². The van der Waals surface area contributed by atoms with Crippen LogP contribution < -0.4 is 0 Å². The van der Waals surface area contributed by atoms with Crippen molar-refractivity contribution in [3.8, 4) is 0 Å². The maximum Gasteiger partial charge on any atom is 0.0900 e. The SMILES string of the molecule is CC1CCCN(CC(O)COCC2CC3CCC2C3)C1. The minimum Gasteiger partial charge on any atom is -0.389 e. The van der Waals surface area contributed by atoms with Crippen molar-refractivity contribution in [3.05, 3.63) is 0 Å². The molecular formula is C17H31NO2. The minimum absolute atomic E-state index is 0.307. The third-order valence-electron chi connectivity index (χ3n) is 5.74. The Kier molecular flexibility index (Phi) is 5.00. The van der Waals surface area contributed by atoms with Gasteiger partial charge in [-0.05, 0) is 62.3 Å². The minimum atomic E-state index is -0.307. The Morgan fingerprint density at radius 1 is 1.25 bits per heavy atom. The zero-order valence-electron chi connectivity index (χ0n) is 13.0. The molecule has 5 atom stereocenters. The van der Waals surface area contributed by atoms with E-state index < -0.39 is 0 Å². The lowest BCUT2D eigenvalue weighted by Gasteiger charge is -2.32. The Morgan fingerprint density at radius 3 is 2.85 bits per heavy atom. The van der Waals surface area contributed by atoms with Gasteiger partial charge in [0.05, 0.1) is 12.7 Å². The molecule has 0 amide bonds. The lowest BCUT2D eigenvalue weighted by molar-refractivity contribution is -0.00689. The first-order valence-corrected chi connectivity index (χ1v) is 8.69. The molecule has 3 fully saturated rings. The van der Waals surface area contributed by atoms with Crippen LogP contribution in [0.15, 0.2) is 0 Å². The average molecular weight is 281 g/mol. The number of aliphatic hydroxyl groups is 1. The topological polar surface area (TPSA) is 32.7 Å². The number of aliphatic hydroxyl groups excluding tert-OH is 1. The van der Waals surface area contributed by atoms with Crippen LogP contribution in [0.2, 0.25) is 0 Å². The van der Waals surface area contributed by atoms with Crippen LogP contribution >= 0.6 is 0 Å². The van der Waals surface area contributed by atoms with Crippen LogP contribution in [0.5, 0.6) is 0 Å². The number of rotatable bonds is 6. The van der Waals surface area contributed by atoms with E-state index >= 15 is 0 Å². The molecule has 0 spiro atoms. The van der Waals surface area contributed by atoms with Gasteiger partial charge in [-0.2, -0.15) is 0 Å². The fraction of sp³-hybridized carbons (Fsp3) is 1.00. The van der Waals surface area contributed by atoms with Crippen molar-refractivity contribution in [2.24, 2.45) is 23.7 Å². The molecule has 1 aliphatic heterocycles. The van der Waals surface area contributed by atoms with Gasteiger partial charge in [-0.25, -0.2) is 0 Å². The molecule has 2 bridgehead atoms. The van der Waals surface area contributed by atoms with E-state index in [1.54, 1.807) is 0 Å². The Hall–Kier alpha value is -0.120. The number of fused-ring (bicyclic) bond motifs is 2. The summed E-state index contributed by atoms with van der Waals surface area (Å²) in [4.78, 5) is 2.40.